The van der Waals surface area contributed by atoms with E-state index in [0.29, 0.717) is 50.7 Å². The van der Waals surface area contributed by atoms with E-state index >= 15 is 0 Å². The van der Waals surface area contributed by atoms with E-state index in [4.69, 9.17) is 31.0 Å². The summed E-state index contributed by atoms with van der Waals surface area (Å²) in [7, 11) is 3.27. The molecule has 45 heavy (non-hydrogen) atoms. The Balaban J connectivity index is 1.30. The maximum atomic E-state index is 14.2. The first-order valence-electron chi connectivity index (χ1n) is 14.7. The van der Waals surface area contributed by atoms with E-state index in [9.17, 15) is 4.79 Å². The lowest BCUT2D eigenvalue weighted by Crippen LogP contribution is -2.21. The summed E-state index contributed by atoms with van der Waals surface area (Å²) in [6.07, 6.45) is 5.25. The number of halogens is 1. The van der Waals surface area contributed by atoms with Gasteiger partial charge < -0.3 is 19.8 Å². The molecule has 3 aromatic heterocycles. The monoisotopic (exact) mass is 615 g/mol. The van der Waals surface area contributed by atoms with Gasteiger partial charge in [-0.05, 0) is 78.4 Å². The SMILES string of the molecule is COc1cccc(/C=C2\CC(C)Cc3c2nc2ccccc2c3C(=O)Nc2ccc3[nH]c(-c4ccc(Cl)cn4)nc3c2)c1OC. The van der Waals surface area contributed by atoms with Crippen LogP contribution >= 0.6 is 11.6 Å². The van der Waals surface area contributed by atoms with E-state index in [1.807, 2.05) is 66.7 Å². The number of rotatable bonds is 6. The first-order valence-corrected chi connectivity index (χ1v) is 15.1. The molecule has 1 atom stereocenters. The van der Waals surface area contributed by atoms with Gasteiger partial charge in [-0.25, -0.2) is 9.97 Å². The lowest BCUT2D eigenvalue weighted by Gasteiger charge is -2.27. The van der Waals surface area contributed by atoms with Gasteiger partial charge in [0.2, 0.25) is 0 Å². The summed E-state index contributed by atoms with van der Waals surface area (Å²) >= 11 is 6.00. The Bertz CT molecular complexity index is 2120. The number of hydrogen-bond donors (Lipinski definition) is 2. The number of H-pyrrole nitrogens is 1. The molecule has 0 radical (unpaired) electrons. The number of ether oxygens (including phenoxy) is 2. The number of nitrogens with one attached hydrogen (secondary N) is 2. The van der Waals surface area contributed by atoms with Crippen molar-refractivity contribution in [3.63, 3.8) is 0 Å². The van der Waals surface area contributed by atoms with Crippen LogP contribution in [0.3, 0.4) is 0 Å². The van der Waals surface area contributed by atoms with Crippen molar-refractivity contribution in [1.29, 1.82) is 0 Å². The van der Waals surface area contributed by atoms with E-state index < -0.39 is 0 Å². The molecule has 2 N–H and O–H groups in total. The third-order valence-corrected chi connectivity index (χ3v) is 8.34. The zero-order chi connectivity index (χ0) is 31.1. The van der Waals surface area contributed by atoms with Crippen LogP contribution in [0.5, 0.6) is 11.5 Å². The Morgan fingerprint density at radius 2 is 1.84 bits per heavy atom. The van der Waals surface area contributed by atoms with Gasteiger partial charge in [-0.1, -0.05) is 48.9 Å². The predicted molar refractivity (Wildman–Crippen MR) is 179 cm³/mol. The molecule has 0 fully saturated rings. The van der Waals surface area contributed by atoms with Gasteiger partial charge >= 0.3 is 0 Å². The molecule has 0 bridgehead atoms. The third-order valence-electron chi connectivity index (χ3n) is 8.12. The zero-order valence-corrected chi connectivity index (χ0v) is 25.8. The van der Waals surface area contributed by atoms with E-state index in [2.05, 4.69) is 28.3 Å². The Morgan fingerprint density at radius 1 is 0.978 bits per heavy atom. The number of imidazole rings is 1. The highest BCUT2D eigenvalue weighted by Crippen LogP contribution is 2.41. The first-order chi connectivity index (χ1) is 21.9. The molecule has 3 aromatic carbocycles. The average molecular weight is 616 g/mol. The van der Waals surface area contributed by atoms with Crippen LogP contribution in [0, 0.1) is 5.92 Å². The Labute approximate surface area is 265 Å². The molecule has 9 heteroatoms. The number of carbonyl (C=O) groups is 1. The van der Waals surface area contributed by atoms with Crippen LogP contribution in [0.4, 0.5) is 5.69 Å². The summed E-state index contributed by atoms with van der Waals surface area (Å²) in [5.41, 5.74) is 8.01. The summed E-state index contributed by atoms with van der Waals surface area (Å²) in [5, 5.41) is 4.53. The second-order valence-electron chi connectivity index (χ2n) is 11.2. The fourth-order valence-corrected chi connectivity index (χ4v) is 6.23. The van der Waals surface area contributed by atoms with Gasteiger partial charge in [0, 0.05) is 22.8 Å². The minimum atomic E-state index is -0.188. The standard InChI is InChI=1S/C36H30ClN5O3/c1-20-15-22(17-21-7-6-10-31(44-2)34(21)45-3)33-26(16-20)32(25-8-4-5-9-27(25)40-33)36(43)39-24-12-14-28-30(18-24)42-35(41-28)29-13-11-23(37)19-38-29/h4-14,17-20H,15-16H2,1-3H3,(H,39,43)(H,41,42)/b22-17+. The van der Waals surface area contributed by atoms with Gasteiger partial charge in [0.25, 0.3) is 5.91 Å². The predicted octanol–water partition coefficient (Wildman–Crippen LogP) is 8.22. The number of fused-ring (bicyclic) bond motifs is 3. The number of methoxy groups -OCH3 is 2. The fourth-order valence-electron chi connectivity index (χ4n) is 6.12. The van der Waals surface area contributed by atoms with E-state index in [-0.39, 0.29) is 5.91 Å². The number of pyridine rings is 2. The highest BCUT2D eigenvalue weighted by molar-refractivity contribution is 6.30. The van der Waals surface area contributed by atoms with Gasteiger partial charge in [0.15, 0.2) is 17.3 Å². The minimum Gasteiger partial charge on any atom is -0.493 e. The minimum absolute atomic E-state index is 0.188. The second-order valence-corrected chi connectivity index (χ2v) is 11.7. The van der Waals surface area contributed by atoms with Crippen LogP contribution in [0.25, 0.3) is 45.1 Å². The summed E-state index contributed by atoms with van der Waals surface area (Å²) < 4.78 is 11.3. The van der Waals surface area contributed by atoms with Crippen LogP contribution in [-0.2, 0) is 6.42 Å². The quantitative estimate of drug-likeness (QED) is 0.196. The van der Waals surface area contributed by atoms with Crippen molar-refractivity contribution in [1.82, 2.24) is 19.9 Å². The van der Waals surface area contributed by atoms with E-state index in [1.54, 1.807) is 26.5 Å². The lowest BCUT2D eigenvalue weighted by molar-refractivity contribution is 0.102. The molecule has 0 spiro atoms. The van der Waals surface area contributed by atoms with Crippen LogP contribution in [0.1, 0.15) is 40.5 Å². The van der Waals surface area contributed by atoms with Gasteiger partial charge in [0.1, 0.15) is 5.69 Å². The van der Waals surface area contributed by atoms with Crippen molar-refractivity contribution in [3.05, 3.63) is 106 Å². The Kier molecular flexibility index (Phi) is 7.43. The average Bonchev–Trinajstić information content (AvgIpc) is 3.47. The van der Waals surface area contributed by atoms with Crippen molar-refractivity contribution in [2.75, 3.05) is 19.5 Å². The molecule has 1 aliphatic rings. The van der Waals surface area contributed by atoms with E-state index in [0.717, 1.165) is 51.7 Å². The van der Waals surface area contributed by atoms with Crippen LogP contribution < -0.4 is 14.8 Å². The molecule has 1 unspecified atom stereocenters. The molecule has 3 heterocycles. The molecule has 6 aromatic rings. The van der Waals surface area contributed by atoms with Gasteiger partial charge in [-0.15, -0.1) is 0 Å². The Hall–Kier alpha value is -5.21. The molecule has 8 nitrogen and oxygen atoms in total. The van der Waals surface area contributed by atoms with Crippen molar-refractivity contribution in [3.8, 4) is 23.0 Å². The smallest absolute Gasteiger partial charge is 0.256 e. The summed E-state index contributed by atoms with van der Waals surface area (Å²) in [6, 6.07) is 22.9. The van der Waals surface area contributed by atoms with E-state index in [1.165, 1.54) is 0 Å². The van der Waals surface area contributed by atoms with Crippen LogP contribution in [0.2, 0.25) is 5.02 Å². The van der Waals surface area contributed by atoms with Gasteiger partial charge in [-0.3, -0.25) is 9.78 Å². The van der Waals surface area contributed by atoms with Gasteiger partial charge in [0.05, 0.1) is 47.0 Å². The largest absolute Gasteiger partial charge is 0.493 e. The normalized spacial score (nSPS) is 15.3. The van der Waals surface area contributed by atoms with Crippen molar-refractivity contribution < 1.29 is 14.3 Å². The number of nitrogens with zero attached hydrogens (tertiary/aromatic N) is 3. The maximum Gasteiger partial charge on any atom is 0.256 e. The van der Waals surface area contributed by atoms with Gasteiger partial charge in [-0.2, -0.15) is 0 Å². The highest BCUT2D eigenvalue weighted by Gasteiger charge is 2.28. The number of hydrogen-bond acceptors (Lipinski definition) is 6. The third kappa shape index (κ3) is 5.38. The number of aromatic amines is 1. The molecule has 7 rings (SSSR count). The van der Waals surface area contributed by atoms with Crippen LogP contribution in [0.15, 0.2) is 79.0 Å². The fraction of sp³-hybridized carbons (Fsp3) is 0.167. The second kappa shape index (κ2) is 11.7. The lowest BCUT2D eigenvalue weighted by atomic mass is 9.80. The Morgan fingerprint density at radius 3 is 2.64 bits per heavy atom. The number of aromatic nitrogens is 4. The first kappa shape index (κ1) is 28.6. The number of amides is 1. The molecule has 224 valence electrons. The molecule has 0 saturated carbocycles. The number of anilines is 1. The molecule has 0 saturated heterocycles. The maximum absolute atomic E-state index is 14.2. The van der Waals surface area contributed by atoms with Crippen molar-refractivity contribution >= 4 is 56.8 Å². The number of carbonyl (C=O) groups excluding carboxylic acids is 1. The number of para-hydroxylation sites is 2. The van der Waals surface area contributed by atoms with Crippen molar-refractivity contribution in [2.45, 2.75) is 19.8 Å². The molecular formula is C36H30ClN5O3. The summed E-state index contributed by atoms with van der Waals surface area (Å²) in [5.74, 6) is 2.06. The molecular weight excluding hydrogens is 586 g/mol. The molecule has 1 aliphatic carbocycles. The van der Waals surface area contributed by atoms with Crippen LogP contribution in [-0.4, -0.2) is 40.1 Å². The number of allylic oxidation sites excluding steroid dienone is 1. The summed E-state index contributed by atoms with van der Waals surface area (Å²) in [4.78, 5) is 31.7. The molecule has 1 amide bonds. The molecule has 0 aliphatic heterocycles. The number of benzene rings is 3. The zero-order valence-electron chi connectivity index (χ0n) is 25.0. The topological polar surface area (TPSA) is 102 Å². The summed E-state index contributed by atoms with van der Waals surface area (Å²) in [6.45, 7) is 2.20. The highest BCUT2D eigenvalue weighted by atomic mass is 35.5. The van der Waals surface area contributed by atoms with Crippen molar-refractivity contribution in [2.24, 2.45) is 5.92 Å².